The van der Waals surface area contributed by atoms with Crippen molar-refractivity contribution in [3.63, 3.8) is 0 Å². The lowest BCUT2D eigenvalue weighted by Gasteiger charge is -2.09. The number of carbonyl (C=O) groups excluding carboxylic acids is 1. The summed E-state index contributed by atoms with van der Waals surface area (Å²) in [5, 5.41) is 1.54. The van der Waals surface area contributed by atoms with E-state index in [0.717, 1.165) is 16.5 Å². The lowest BCUT2D eigenvalue weighted by molar-refractivity contribution is 0.0601. The van der Waals surface area contributed by atoms with Crippen molar-refractivity contribution in [2.75, 3.05) is 7.11 Å². The second-order valence-electron chi connectivity index (χ2n) is 4.58. The molecule has 3 rings (SSSR count). The summed E-state index contributed by atoms with van der Waals surface area (Å²) in [7, 11) is 1.36. The standard InChI is InChI=1S/C17H12ClNO2/c1-21-17(20)14-10-12-4-2-3-5-15(12)19-16(14)11-6-8-13(18)9-7-11/h2-10H,1H3. The summed E-state index contributed by atoms with van der Waals surface area (Å²) in [5.41, 5.74) is 2.69. The fourth-order valence-electron chi connectivity index (χ4n) is 2.21. The Morgan fingerprint density at radius 1 is 1.10 bits per heavy atom. The minimum atomic E-state index is -0.404. The Bertz CT molecular complexity index is 813. The highest BCUT2D eigenvalue weighted by Gasteiger charge is 2.16. The Balaban J connectivity index is 2.27. The number of halogens is 1. The first-order chi connectivity index (χ1) is 10.2. The number of pyridine rings is 1. The molecule has 3 aromatic rings. The van der Waals surface area contributed by atoms with Crippen LogP contribution < -0.4 is 0 Å². The summed E-state index contributed by atoms with van der Waals surface area (Å²) in [6.07, 6.45) is 0. The van der Waals surface area contributed by atoms with E-state index in [1.165, 1.54) is 7.11 Å². The number of methoxy groups -OCH3 is 1. The van der Waals surface area contributed by atoms with Crippen molar-refractivity contribution in [2.45, 2.75) is 0 Å². The molecule has 0 fully saturated rings. The highest BCUT2D eigenvalue weighted by molar-refractivity contribution is 6.30. The highest BCUT2D eigenvalue weighted by atomic mass is 35.5. The molecule has 2 aromatic carbocycles. The zero-order valence-electron chi connectivity index (χ0n) is 11.3. The van der Waals surface area contributed by atoms with Crippen LogP contribution in [0.5, 0.6) is 0 Å². The van der Waals surface area contributed by atoms with Gasteiger partial charge in [-0.25, -0.2) is 9.78 Å². The molecule has 0 aliphatic rings. The first kappa shape index (κ1) is 13.6. The number of fused-ring (bicyclic) bond motifs is 1. The van der Waals surface area contributed by atoms with E-state index in [2.05, 4.69) is 4.98 Å². The lowest BCUT2D eigenvalue weighted by atomic mass is 10.0. The van der Waals surface area contributed by atoms with Crippen molar-refractivity contribution >= 4 is 28.5 Å². The van der Waals surface area contributed by atoms with Crippen LogP contribution in [0.15, 0.2) is 54.6 Å². The number of esters is 1. The monoisotopic (exact) mass is 297 g/mol. The van der Waals surface area contributed by atoms with Gasteiger partial charge in [-0.05, 0) is 24.3 Å². The smallest absolute Gasteiger partial charge is 0.340 e. The van der Waals surface area contributed by atoms with Crippen LogP contribution in [0, 0.1) is 0 Å². The topological polar surface area (TPSA) is 39.2 Å². The van der Waals surface area contributed by atoms with Crippen LogP contribution in [0.2, 0.25) is 5.02 Å². The number of carbonyl (C=O) groups is 1. The van der Waals surface area contributed by atoms with Gasteiger partial charge in [0.1, 0.15) is 0 Å². The quantitative estimate of drug-likeness (QED) is 0.660. The van der Waals surface area contributed by atoms with Gasteiger partial charge in [-0.1, -0.05) is 41.9 Å². The Kier molecular flexibility index (Phi) is 3.59. The molecule has 0 aliphatic heterocycles. The normalized spacial score (nSPS) is 10.6. The van der Waals surface area contributed by atoms with Gasteiger partial charge in [0.15, 0.2) is 0 Å². The summed E-state index contributed by atoms with van der Waals surface area (Å²) in [4.78, 5) is 16.6. The molecule has 104 valence electrons. The number of hydrogen-bond donors (Lipinski definition) is 0. The van der Waals surface area contributed by atoms with Crippen LogP contribution in [-0.4, -0.2) is 18.1 Å². The Labute approximate surface area is 127 Å². The van der Waals surface area contributed by atoms with Crippen LogP contribution in [0.1, 0.15) is 10.4 Å². The SMILES string of the molecule is COC(=O)c1cc2ccccc2nc1-c1ccc(Cl)cc1. The molecule has 0 aliphatic carbocycles. The van der Waals surface area contributed by atoms with E-state index in [4.69, 9.17) is 16.3 Å². The number of rotatable bonds is 2. The van der Waals surface area contributed by atoms with Crippen LogP contribution in [0.25, 0.3) is 22.2 Å². The van der Waals surface area contributed by atoms with Crippen LogP contribution in [-0.2, 0) is 4.74 Å². The molecule has 3 nitrogen and oxygen atoms in total. The fourth-order valence-corrected chi connectivity index (χ4v) is 2.34. The third-order valence-electron chi connectivity index (χ3n) is 3.25. The van der Waals surface area contributed by atoms with E-state index in [9.17, 15) is 4.79 Å². The van der Waals surface area contributed by atoms with E-state index < -0.39 is 5.97 Å². The van der Waals surface area contributed by atoms with Gasteiger partial charge in [0, 0.05) is 16.0 Å². The van der Waals surface area contributed by atoms with Crippen LogP contribution in [0.3, 0.4) is 0 Å². The molecule has 0 N–H and O–H groups in total. The molecule has 0 radical (unpaired) electrons. The summed E-state index contributed by atoms with van der Waals surface area (Å²) in [6.45, 7) is 0. The van der Waals surface area contributed by atoms with Gasteiger partial charge in [-0.3, -0.25) is 0 Å². The van der Waals surface area contributed by atoms with Gasteiger partial charge in [0.05, 0.1) is 23.9 Å². The first-order valence-corrected chi connectivity index (χ1v) is 6.81. The number of ether oxygens (including phenoxy) is 1. The van der Waals surface area contributed by atoms with Crippen molar-refractivity contribution in [3.8, 4) is 11.3 Å². The van der Waals surface area contributed by atoms with E-state index in [1.807, 2.05) is 36.4 Å². The average Bonchev–Trinajstić information content (AvgIpc) is 2.53. The van der Waals surface area contributed by atoms with Crippen LogP contribution in [0.4, 0.5) is 0 Å². The van der Waals surface area contributed by atoms with Gasteiger partial charge in [-0.2, -0.15) is 0 Å². The maximum atomic E-state index is 12.0. The van der Waals surface area contributed by atoms with E-state index in [0.29, 0.717) is 16.3 Å². The summed E-state index contributed by atoms with van der Waals surface area (Å²) >= 11 is 5.91. The van der Waals surface area contributed by atoms with Crippen molar-refractivity contribution in [3.05, 3.63) is 65.2 Å². The molecular formula is C17H12ClNO2. The molecule has 0 unspecified atom stereocenters. The van der Waals surface area contributed by atoms with Gasteiger partial charge >= 0.3 is 5.97 Å². The number of para-hydroxylation sites is 1. The Morgan fingerprint density at radius 3 is 2.52 bits per heavy atom. The molecule has 0 saturated carbocycles. The van der Waals surface area contributed by atoms with Crippen molar-refractivity contribution in [1.29, 1.82) is 0 Å². The molecule has 0 spiro atoms. The number of aromatic nitrogens is 1. The molecule has 4 heteroatoms. The molecule has 0 atom stereocenters. The third-order valence-corrected chi connectivity index (χ3v) is 3.50. The molecular weight excluding hydrogens is 286 g/mol. The predicted octanol–water partition coefficient (Wildman–Crippen LogP) is 4.34. The fraction of sp³-hybridized carbons (Fsp3) is 0.0588. The molecule has 21 heavy (non-hydrogen) atoms. The van der Waals surface area contributed by atoms with Gasteiger partial charge in [-0.15, -0.1) is 0 Å². The first-order valence-electron chi connectivity index (χ1n) is 6.43. The summed E-state index contributed by atoms with van der Waals surface area (Å²) < 4.78 is 4.87. The Hall–Kier alpha value is -2.39. The van der Waals surface area contributed by atoms with Crippen molar-refractivity contribution in [2.24, 2.45) is 0 Å². The van der Waals surface area contributed by atoms with Gasteiger partial charge in [0.2, 0.25) is 0 Å². The Morgan fingerprint density at radius 2 is 1.81 bits per heavy atom. The molecule has 0 bridgehead atoms. The molecule has 0 saturated heterocycles. The maximum Gasteiger partial charge on any atom is 0.340 e. The largest absolute Gasteiger partial charge is 0.465 e. The molecule has 1 heterocycles. The summed E-state index contributed by atoms with van der Waals surface area (Å²) in [5.74, 6) is -0.404. The molecule has 1 aromatic heterocycles. The zero-order valence-corrected chi connectivity index (χ0v) is 12.1. The lowest BCUT2D eigenvalue weighted by Crippen LogP contribution is -2.05. The highest BCUT2D eigenvalue weighted by Crippen LogP contribution is 2.27. The van der Waals surface area contributed by atoms with Crippen molar-refractivity contribution < 1.29 is 9.53 Å². The zero-order chi connectivity index (χ0) is 14.8. The van der Waals surface area contributed by atoms with Crippen molar-refractivity contribution in [1.82, 2.24) is 4.98 Å². The van der Waals surface area contributed by atoms with Gasteiger partial charge in [0.25, 0.3) is 0 Å². The second-order valence-corrected chi connectivity index (χ2v) is 5.01. The van der Waals surface area contributed by atoms with Gasteiger partial charge < -0.3 is 4.74 Å². The van der Waals surface area contributed by atoms with Crippen LogP contribution >= 0.6 is 11.6 Å². The maximum absolute atomic E-state index is 12.0. The second kappa shape index (κ2) is 5.54. The number of benzene rings is 2. The third kappa shape index (κ3) is 2.60. The minimum Gasteiger partial charge on any atom is -0.465 e. The average molecular weight is 298 g/mol. The number of hydrogen-bond acceptors (Lipinski definition) is 3. The van der Waals surface area contributed by atoms with E-state index >= 15 is 0 Å². The summed E-state index contributed by atoms with van der Waals surface area (Å²) in [6, 6.07) is 16.7. The molecule has 0 amide bonds. The van der Waals surface area contributed by atoms with E-state index in [-0.39, 0.29) is 0 Å². The minimum absolute atomic E-state index is 0.404. The van der Waals surface area contributed by atoms with E-state index in [1.54, 1.807) is 18.2 Å². The predicted molar refractivity (Wildman–Crippen MR) is 83.5 cm³/mol. The number of nitrogens with zero attached hydrogens (tertiary/aromatic N) is 1.